The van der Waals surface area contributed by atoms with Crippen LogP contribution in [0.4, 0.5) is 10.1 Å². The minimum atomic E-state index is -0.715. The molecule has 1 amide bonds. The maximum absolute atomic E-state index is 13.2. The van der Waals surface area contributed by atoms with Gasteiger partial charge in [-0.1, -0.05) is 0 Å². The number of aromatic nitrogens is 3. The Kier molecular flexibility index (Phi) is 4.36. The average molecular weight is 396 g/mol. The number of rotatable bonds is 3. The lowest BCUT2D eigenvalue weighted by atomic mass is 10.1. The van der Waals surface area contributed by atoms with Gasteiger partial charge in [-0.25, -0.2) is 9.37 Å². The van der Waals surface area contributed by atoms with Crippen LogP contribution in [0.3, 0.4) is 0 Å². The van der Waals surface area contributed by atoms with Gasteiger partial charge in [0.15, 0.2) is 4.96 Å². The number of anilines is 1. The van der Waals surface area contributed by atoms with E-state index in [2.05, 4.69) is 10.3 Å². The Morgan fingerprint density at radius 3 is 2.61 bits per heavy atom. The topological polar surface area (TPSA) is 85.5 Å². The monoisotopic (exact) mass is 396 g/mol. The summed E-state index contributed by atoms with van der Waals surface area (Å²) >= 11 is 1.29. The predicted octanol–water partition coefficient (Wildman–Crippen LogP) is 2.61. The van der Waals surface area contributed by atoms with Crippen LogP contribution in [0.25, 0.3) is 10.6 Å². The predicted molar refractivity (Wildman–Crippen MR) is 104 cm³/mol. The first kappa shape index (κ1) is 17.8. The van der Waals surface area contributed by atoms with E-state index in [0.29, 0.717) is 16.2 Å². The molecule has 0 aliphatic heterocycles. The first-order valence-electron chi connectivity index (χ1n) is 8.20. The minimum Gasteiger partial charge on any atom is -0.316 e. The zero-order valence-corrected chi connectivity index (χ0v) is 15.4. The third-order valence-corrected chi connectivity index (χ3v) is 4.99. The standard InChI is InChI=1S/C19H13FN4O3S/c1-11-6-7-23(13-4-2-12(20)3-5-13)18(27)15(11)16(25)22-14-10-21-19-24(17(14)26)8-9-28-19/h2-10H,1H3,(H,22,25). The van der Waals surface area contributed by atoms with Crippen molar-refractivity contribution in [3.8, 4) is 5.69 Å². The number of hydrogen-bond donors (Lipinski definition) is 1. The Bertz CT molecular complexity index is 1320. The molecule has 0 aliphatic rings. The molecule has 1 aromatic carbocycles. The molecule has 0 atom stereocenters. The molecule has 0 aliphatic carbocycles. The normalized spacial score (nSPS) is 10.9. The van der Waals surface area contributed by atoms with Crippen LogP contribution in [0.15, 0.2) is 63.9 Å². The summed E-state index contributed by atoms with van der Waals surface area (Å²) in [7, 11) is 0. The summed E-state index contributed by atoms with van der Waals surface area (Å²) in [5.41, 5.74) is -0.285. The van der Waals surface area contributed by atoms with Gasteiger partial charge in [-0.2, -0.15) is 0 Å². The van der Waals surface area contributed by atoms with Crippen molar-refractivity contribution >= 4 is 27.9 Å². The van der Waals surface area contributed by atoms with Gasteiger partial charge in [0.1, 0.15) is 17.1 Å². The molecule has 0 bridgehead atoms. The number of amides is 1. The lowest BCUT2D eigenvalue weighted by Crippen LogP contribution is -2.31. The van der Waals surface area contributed by atoms with Crippen molar-refractivity contribution in [1.29, 1.82) is 0 Å². The Morgan fingerprint density at radius 1 is 1.11 bits per heavy atom. The van der Waals surface area contributed by atoms with Gasteiger partial charge in [0.25, 0.3) is 17.0 Å². The molecule has 3 aromatic heterocycles. The second-order valence-electron chi connectivity index (χ2n) is 6.01. The largest absolute Gasteiger partial charge is 0.316 e. The van der Waals surface area contributed by atoms with Gasteiger partial charge in [0.05, 0.1) is 6.20 Å². The molecule has 0 spiro atoms. The highest BCUT2D eigenvalue weighted by atomic mass is 32.1. The summed E-state index contributed by atoms with van der Waals surface area (Å²) in [5.74, 6) is -1.15. The van der Waals surface area contributed by atoms with Crippen molar-refractivity contribution in [3.63, 3.8) is 0 Å². The SMILES string of the molecule is Cc1ccn(-c2ccc(F)cc2)c(=O)c1C(=O)Nc1cnc2sccn2c1=O. The number of thiazole rings is 1. The van der Waals surface area contributed by atoms with E-state index in [4.69, 9.17) is 0 Å². The lowest BCUT2D eigenvalue weighted by molar-refractivity contribution is 0.102. The highest BCUT2D eigenvalue weighted by Gasteiger charge is 2.18. The van der Waals surface area contributed by atoms with Crippen molar-refractivity contribution in [2.24, 2.45) is 0 Å². The summed E-state index contributed by atoms with van der Waals surface area (Å²) in [6, 6.07) is 6.93. The third kappa shape index (κ3) is 3.01. The van der Waals surface area contributed by atoms with Gasteiger partial charge in [0, 0.05) is 23.5 Å². The molecule has 3 heterocycles. The molecule has 140 valence electrons. The summed E-state index contributed by atoms with van der Waals surface area (Å²) in [5, 5.41) is 4.18. The maximum Gasteiger partial charge on any atom is 0.282 e. The highest BCUT2D eigenvalue weighted by molar-refractivity contribution is 7.15. The summed E-state index contributed by atoms with van der Waals surface area (Å²) < 4.78 is 15.7. The van der Waals surface area contributed by atoms with E-state index in [1.807, 2.05) is 0 Å². The smallest absolute Gasteiger partial charge is 0.282 e. The van der Waals surface area contributed by atoms with Crippen molar-refractivity contribution in [1.82, 2.24) is 14.0 Å². The van der Waals surface area contributed by atoms with Crippen molar-refractivity contribution < 1.29 is 9.18 Å². The van der Waals surface area contributed by atoms with E-state index in [0.717, 1.165) is 0 Å². The molecule has 4 aromatic rings. The second-order valence-corrected chi connectivity index (χ2v) is 6.89. The second kappa shape index (κ2) is 6.86. The van der Waals surface area contributed by atoms with Crippen LogP contribution in [-0.4, -0.2) is 19.9 Å². The Hall–Kier alpha value is -3.59. The first-order chi connectivity index (χ1) is 13.5. The first-order valence-corrected chi connectivity index (χ1v) is 9.08. The quantitative estimate of drug-likeness (QED) is 0.577. The fraction of sp³-hybridized carbons (Fsp3) is 0.0526. The molecule has 1 N–H and O–H groups in total. The van der Waals surface area contributed by atoms with Gasteiger partial charge in [0.2, 0.25) is 0 Å². The molecule has 0 saturated heterocycles. The minimum absolute atomic E-state index is 0.0307. The van der Waals surface area contributed by atoms with Crippen molar-refractivity contribution in [2.45, 2.75) is 6.92 Å². The van der Waals surface area contributed by atoms with Crippen LogP contribution in [0.2, 0.25) is 0 Å². The lowest BCUT2D eigenvalue weighted by Gasteiger charge is -2.11. The molecular formula is C19H13FN4O3S. The van der Waals surface area contributed by atoms with Crippen LogP contribution in [-0.2, 0) is 0 Å². The Morgan fingerprint density at radius 2 is 1.86 bits per heavy atom. The summed E-state index contributed by atoms with van der Waals surface area (Å²) in [6.07, 6.45) is 4.33. The van der Waals surface area contributed by atoms with E-state index in [-0.39, 0.29) is 11.3 Å². The molecular weight excluding hydrogens is 383 g/mol. The molecule has 0 unspecified atom stereocenters. The van der Waals surface area contributed by atoms with Crippen LogP contribution >= 0.6 is 11.3 Å². The summed E-state index contributed by atoms with van der Waals surface area (Å²) in [6.45, 7) is 1.62. The summed E-state index contributed by atoms with van der Waals surface area (Å²) in [4.78, 5) is 42.7. The van der Waals surface area contributed by atoms with Crippen molar-refractivity contribution in [2.75, 3.05) is 5.32 Å². The van der Waals surface area contributed by atoms with Gasteiger partial charge >= 0.3 is 0 Å². The van der Waals surface area contributed by atoms with Gasteiger partial charge < -0.3 is 5.32 Å². The number of nitrogens with one attached hydrogen (secondary N) is 1. The molecule has 9 heteroatoms. The molecule has 7 nitrogen and oxygen atoms in total. The highest BCUT2D eigenvalue weighted by Crippen LogP contribution is 2.12. The van der Waals surface area contributed by atoms with E-state index in [1.54, 1.807) is 24.6 Å². The zero-order valence-electron chi connectivity index (χ0n) is 14.5. The molecule has 0 fully saturated rings. The number of pyridine rings is 1. The van der Waals surface area contributed by atoms with E-state index in [1.165, 1.54) is 57.0 Å². The number of halogens is 1. The van der Waals surface area contributed by atoms with Gasteiger partial charge in [-0.3, -0.25) is 23.4 Å². The van der Waals surface area contributed by atoms with Crippen LogP contribution < -0.4 is 16.4 Å². The van der Waals surface area contributed by atoms with E-state index < -0.39 is 22.8 Å². The fourth-order valence-electron chi connectivity index (χ4n) is 2.80. The van der Waals surface area contributed by atoms with Crippen LogP contribution in [0.1, 0.15) is 15.9 Å². The van der Waals surface area contributed by atoms with Gasteiger partial charge in [-0.15, -0.1) is 11.3 Å². The van der Waals surface area contributed by atoms with Crippen LogP contribution in [0.5, 0.6) is 0 Å². The fourth-order valence-corrected chi connectivity index (χ4v) is 3.48. The average Bonchev–Trinajstić information content (AvgIpc) is 3.15. The molecule has 28 heavy (non-hydrogen) atoms. The maximum atomic E-state index is 13.2. The molecule has 0 saturated carbocycles. The number of hydrogen-bond acceptors (Lipinski definition) is 5. The van der Waals surface area contributed by atoms with E-state index in [9.17, 15) is 18.8 Å². The van der Waals surface area contributed by atoms with Gasteiger partial charge in [-0.05, 0) is 42.8 Å². The van der Waals surface area contributed by atoms with E-state index >= 15 is 0 Å². The number of nitrogens with zero attached hydrogens (tertiary/aromatic N) is 3. The van der Waals surface area contributed by atoms with Crippen molar-refractivity contribution in [3.05, 3.63) is 92.0 Å². The number of benzene rings is 1. The molecule has 4 rings (SSSR count). The number of carbonyl (C=O) groups excluding carboxylic acids is 1. The number of fused-ring (bicyclic) bond motifs is 1. The Labute approximate surface area is 161 Å². The van der Waals surface area contributed by atoms with Crippen LogP contribution in [0, 0.1) is 12.7 Å². The number of carbonyl (C=O) groups is 1. The zero-order chi connectivity index (χ0) is 19.8. The Balaban J connectivity index is 1.75. The number of aryl methyl sites for hydroxylation is 1. The third-order valence-electron chi connectivity index (χ3n) is 4.22. The molecule has 0 radical (unpaired) electrons.